The van der Waals surface area contributed by atoms with Gasteiger partial charge in [0.15, 0.2) is 11.5 Å². The van der Waals surface area contributed by atoms with Crippen LogP contribution in [-0.4, -0.2) is 19.2 Å². The van der Waals surface area contributed by atoms with E-state index >= 15 is 0 Å². The summed E-state index contributed by atoms with van der Waals surface area (Å²) in [6.07, 6.45) is 1.85. The van der Waals surface area contributed by atoms with Crippen molar-refractivity contribution in [3.05, 3.63) is 122 Å². The Morgan fingerprint density at radius 2 is 1.42 bits per heavy atom. The van der Waals surface area contributed by atoms with Gasteiger partial charge >= 0.3 is 0 Å². The van der Waals surface area contributed by atoms with E-state index in [1.165, 1.54) is 0 Å². The molecule has 194 valence electrons. The van der Waals surface area contributed by atoms with Crippen LogP contribution in [0.1, 0.15) is 22.3 Å². The summed E-state index contributed by atoms with van der Waals surface area (Å²) >= 11 is 7.14. The number of hydrogen-bond acceptors (Lipinski definition) is 5. The summed E-state index contributed by atoms with van der Waals surface area (Å²) in [7, 11) is 1.62. The first-order valence-electron chi connectivity index (χ1n) is 11.8. The summed E-state index contributed by atoms with van der Waals surface area (Å²) in [5.41, 5.74) is 6.29. The van der Waals surface area contributed by atoms with Crippen LogP contribution in [0.4, 0.5) is 0 Å². The van der Waals surface area contributed by atoms with Crippen molar-refractivity contribution < 1.29 is 19.0 Å². The maximum Gasteiger partial charge on any atom is 0.244 e. The van der Waals surface area contributed by atoms with E-state index in [4.69, 9.17) is 14.2 Å². The molecule has 4 aromatic carbocycles. The van der Waals surface area contributed by atoms with E-state index in [-0.39, 0.29) is 12.3 Å². The monoisotopic (exact) mass is 636 g/mol. The zero-order valence-electron chi connectivity index (χ0n) is 20.7. The summed E-state index contributed by atoms with van der Waals surface area (Å²) in [4.78, 5) is 12.1. The van der Waals surface area contributed by atoms with Gasteiger partial charge in [0.25, 0.3) is 0 Å². The SMILES string of the molecule is COc1cc(COc2c(Br)cc(/C=N/NC(=O)Cc3ccccc3)cc2Br)ccc1OCc1ccccc1. The van der Waals surface area contributed by atoms with Gasteiger partial charge in [0.2, 0.25) is 5.91 Å². The number of hydrazone groups is 1. The lowest BCUT2D eigenvalue weighted by molar-refractivity contribution is -0.120. The van der Waals surface area contributed by atoms with Crippen molar-refractivity contribution in [3.63, 3.8) is 0 Å². The number of amides is 1. The van der Waals surface area contributed by atoms with Crippen LogP contribution in [0.2, 0.25) is 0 Å². The number of benzene rings is 4. The van der Waals surface area contributed by atoms with Gasteiger partial charge in [-0.25, -0.2) is 5.43 Å². The third-order valence-electron chi connectivity index (χ3n) is 5.48. The summed E-state index contributed by atoms with van der Waals surface area (Å²) in [5, 5.41) is 4.07. The lowest BCUT2D eigenvalue weighted by Gasteiger charge is -2.14. The van der Waals surface area contributed by atoms with Gasteiger partial charge in [0.1, 0.15) is 19.0 Å². The van der Waals surface area contributed by atoms with Crippen LogP contribution in [0.25, 0.3) is 0 Å². The molecule has 0 bridgehead atoms. The predicted octanol–water partition coefficient (Wildman–Crippen LogP) is 7.07. The van der Waals surface area contributed by atoms with Crippen LogP contribution in [0.3, 0.4) is 0 Å². The maximum absolute atomic E-state index is 12.1. The Kier molecular flexibility index (Phi) is 9.95. The Morgan fingerprint density at radius 3 is 2.08 bits per heavy atom. The zero-order valence-corrected chi connectivity index (χ0v) is 23.9. The zero-order chi connectivity index (χ0) is 26.7. The Balaban J connectivity index is 1.34. The fraction of sp³-hybridized carbons (Fsp3) is 0.133. The first-order chi connectivity index (χ1) is 18.5. The third kappa shape index (κ3) is 7.94. The van der Waals surface area contributed by atoms with Crippen molar-refractivity contribution in [2.24, 2.45) is 5.10 Å². The molecule has 0 aromatic heterocycles. The van der Waals surface area contributed by atoms with E-state index in [1.54, 1.807) is 13.3 Å². The molecular formula is C30H26Br2N2O4. The van der Waals surface area contributed by atoms with Gasteiger partial charge in [-0.15, -0.1) is 0 Å². The van der Waals surface area contributed by atoms with Crippen molar-refractivity contribution >= 4 is 44.0 Å². The number of nitrogens with zero attached hydrogens (tertiary/aromatic N) is 1. The molecule has 1 amide bonds. The number of nitrogens with one attached hydrogen (secondary N) is 1. The molecular weight excluding hydrogens is 612 g/mol. The number of hydrogen-bond donors (Lipinski definition) is 1. The number of methoxy groups -OCH3 is 1. The van der Waals surface area contributed by atoms with Gasteiger partial charge in [0.05, 0.1) is 28.7 Å². The fourth-order valence-corrected chi connectivity index (χ4v) is 5.05. The average Bonchev–Trinajstić information content (AvgIpc) is 2.93. The molecule has 0 saturated carbocycles. The van der Waals surface area contributed by atoms with Gasteiger partial charge < -0.3 is 14.2 Å². The molecule has 0 unspecified atom stereocenters. The highest BCUT2D eigenvalue weighted by Crippen LogP contribution is 2.36. The Bertz CT molecular complexity index is 1370. The van der Waals surface area contributed by atoms with E-state index in [0.717, 1.165) is 31.2 Å². The Hall–Kier alpha value is -3.62. The first kappa shape index (κ1) is 27.4. The van der Waals surface area contributed by atoms with Crippen LogP contribution >= 0.6 is 31.9 Å². The second-order valence-electron chi connectivity index (χ2n) is 8.32. The molecule has 0 radical (unpaired) electrons. The largest absolute Gasteiger partial charge is 0.493 e. The van der Waals surface area contributed by atoms with Gasteiger partial charge in [-0.2, -0.15) is 5.10 Å². The fourth-order valence-electron chi connectivity index (χ4n) is 3.60. The molecule has 0 aliphatic rings. The molecule has 0 heterocycles. The lowest BCUT2D eigenvalue weighted by Crippen LogP contribution is -2.19. The van der Waals surface area contributed by atoms with Gasteiger partial charge in [-0.3, -0.25) is 4.79 Å². The molecule has 8 heteroatoms. The molecule has 0 aliphatic carbocycles. The van der Waals surface area contributed by atoms with Crippen LogP contribution in [0.5, 0.6) is 17.2 Å². The standard InChI is InChI=1S/C30H26Br2N2O4/c1-36-28-16-23(12-13-27(28)37-19-22-10-6-3-7-11-22)20-38-30-25(31)14-24(15-26(30)32)18-33-34-29(35)17-21-8-4-2-5-9-21/h2-16,18H,17,19-20H2,1H3,(H,34,35)/b33-18+. The number of halogens is 2. The van der Waals surface area contributed by atoms with E-state index in [0.29, 0.717) is 30.5 Å². The second kappa shape index (κ2) is 13.8. The van der Waals surface area contributed by atoms with Crippen LogP contribution in [0.15, 0.2) is 105 Å². The molecule has 0 atom stereocenters. The van der Waals surface area contributed by atoms with E-state index in [2.05, 4.69) is 42.4 Å². The lowest BCUT2D eigenvalue weighted by atomic mass is 10.1. The molecule has 0 fully saturated rings. The highest BCUT2D eigenvalue weighted by molar-refractivity contribution is 9.11. The summed E-state index contributed by atoms with van der Waals surface area (Å²) in [6.45, 7) is 0.787. The average molecular weight is 638 g/mol. The summed E-state index contributed by atoms with van der Waals surface area (Å²) in [6, 6.07) is 29.0. The molecule has 4 rings (SSSR count). The minimum atomic E-state index is -0.183. The van der Waals surface area contributed by atoms with Crippen LogP contribution < -0.4 is 19.6 Å². The molecule has 1 N–H and O–H groups in total. The van der Waals surface area contributed by atoms with E-state index in [9.17, 15) is 4.79 Å². The highest BCUT2D eigenvalue weighted by atomic mass is 79.9. The third-order valence-corrected chi connectivity index (χ3v) is 6.66. The first-order valence-corrected chi connectivity index (χ1v) is 13.4. The Labute approximate surface area is 238 Å². The summed E-state index contributed by atoms with van der Waals surface area (Å²) < 4.78 is 19.1. The number of carbonyl (C=O) groups excluding carboxylic acids is 1. The van der Waals surface area contributed by atoms with Crippen molar-refractivity contribution in [2.75, 3.05) is 7.11 Å². The van der Waals surface area contributed by atoms with Crippen LogP contribution in [0, 0.1) is 0 Å². The summed E-state index contributed by atoms with van der Waals surface area (Å²) in [5.74, 6) is 1.78. The minimum Gasteiger partial charge on any atom is -0.493 e. The molecule has 0 spiro atoms. The van der Waals surface area contributed by atoms with Crippen molar-refractivity contribution in [3.8, 4) is 17.2 Å². The Morgan fingerprint density at radius 1 is 0.789 bits per heavy atom. The van der Waals surface area contributed by atoms with Crippen molar-refractivity contribution in [1.29, 1.82) is 0 Å². The number of rotatable bonds is 11. The molecule has 4 aromatic rings. The second-order valence-corrected chi connectivity index (χ2v) is 10.0. The van der Waals surface area contributed by atoms with Crippen molar-refractivity contribution in [2.45, 2.75) is 19.6 Å². The van der Waals surface area contributed by atoms with E-state index < -0.39 is 0 Å². The predicted molar refractivity (Wildman–Crippen MR) is 156 cm³/mol. The van der Waals surface area contributed by atoms with Gasteiger partial charge in [0, 0.05) is 0 Å². The molecule has 0 saturated heterocycles. The highest BCUT2D eigenvalue weighted by Gasteiger charge is 2.11. The molecule has 38 heavy (non-hydrogen) atoms. The van der Waals surface area contributed by atoms with Crippen molar-refractivity contribution in [1.82, 2.24) is 5.43 Å². The topological polar surface area (TPSA) is 69.2 Å². The van der Waals surface area contributed by atoms with Gasteiger partial charge in [-0.05, 0) is 78.4 Å². The van der Waals surface area contributed by atoms with Crippen LogP contribution in [-0.2, 0) is 24.4 Å². The molecule has 0 aliphatic heterocycles. The normalized spacial score (nSPS) is 10.8. The number of ether oxygens (including phenoxy) is 3. The number of carbonyl (C=O) groups is 1. The minimum absolute atomic E-state index is 0.183. The van der Waals surface area contributed by atoms with Gasteiger partial charge in [-0.1, -0.05) is 66.7 Å². The maximum atomic E-state index is 12.1. The smallest absolute Gasteiger partial charge is 0.244 e. The molecule has 6 nitrogen and oxygen atoms in total. The van der Waals surface area contributed by atoms with E-state index in [1.807, 2.05) is 91.0 Å². The quantitative estimate of drug-likeness (QED) is 0.141.